The fraction of sp³-hybridized carbons (Fsp3) is 0.500. The van der Waals surface area contributed by atoms with Gasteiger partial charge in [0.1, 0.15) is 5.76 Å². The first-order chi connectivity index (χ1) is 14.6. The second kappa shape index (κ2) is 9.32. The lowest BCUT2D eigenvalue weighted by Gasteiger charge is -2.33. The van der Waals surface area contributed by atoms with Gasteiger partial charge in [0.2, 0.25) is 10.0 Å². The molecular weight excluding hydrogens is 402 g/mol. The Hall–Kier alpha value is -2.16. The van der Waals surface area contributed by atoms with Crippen molar-refractivity contribution in [2.75, 3.05) is 32.7 Å². The summed E-state index contributed by atoms with van der Waals surface area (Å²) in [6, 6.07) is 10.0. The van der Waals surface area contributed by atoms with Gasteiger partial charge in [0.05, 0.1) is 17.2 Å². The SMILES string of the molecule is O=C(NC[C@H](c1ccco1)N1CCCCC1)c1ccc(S(=O)(=O)N2CCCC2)cc1. The van der Waals surface area contributed by atoms with Crippen molar-refractivity contribution in [3.8, 4) is 0 Å². The third-order valence-corrected chi connectivity index (χ3v) is 7.89. The summed E-state index contributed by atoms with van der Waals surface area (Å²) >= 11 is 0. The molecule has 1 atom stereocenters. The van der Waals surface area contributed by atoms with Crippen molar-refractivity contribution in [2.24, 2.45) is 0 Å². The molecule has 4 rings (SSSR count). The average molecular weight is 432 g/mol. The van der Waals surface area contributed by atoms with E-state index in [0.717, 1.165) is 44.5 Å². The topological polar surface area (TPSA) is 82.9 Å². The number of benzene rings is 1. The quantitative estimate of drug-likeness (QED) is 0.729. The van der Waals surface area contributed by atoms with Gasteiger partial charge in [-0.05, 0) is 75.2 Å². The molecule has 1 amide bonds. The van der Waals surface area contributed by atoms with Gasteiger partial charge in [-0.15, -0.1) is 0 Å². The van der Waals surface area contributed by atoms with Crippen LogP contribution in [0.2, 0.25) is 0 Å². The van der Waals surface area contributed by atoms with Crippen LogP contribution in [0, 0.1) is 0 Å². The second-order valence-electron chi connectivity index (χ2n) is 7.97. The van der Waals surface area contributed by atoms with Gasteiger partial charge in [-0.3, -0.25) is 9.69 Å². The van der Waals surface area contributed by atoms with Gasteiger partial charge < -0.3 is 9.73 Å². The Morgan fingerprint density at radius 3 is 2.27 bits per heavy atom. The number of furan rings is 1. The Kier molecular flexibility index (Phi) is 6.55. The average Bonchev–Trinajstić information content (AvgIpc) is 3.49. The van der Waals surface area contributed by atoms with E-state index in [1.807, 2.05) is 12.1 Å². The van der Waals surface area contributed by atoms with Crippen molar-refractivity contribution in [3.63, 3.8) is 0 Å². The Morgan fingerprint density at radius 2 is 1.63 bits per heavy atom. The van der Waals surface area contributed by atoms with Gasteiger partial charge in [-0.25, -0.2) is 8.42 Å². The lowest BCUT2D eigenvalue weighted by Crippen LogP contribution is -2.40. The summed E-state index contributed by atoms with van der Waals surface area (Å²) in [5, 5.41) is 3.00. The minimum Gasteiger partial charge on any atom is -0.468 e. The molecule has 3 heterocycles. The zero-order valence-corrected chi connectivity index (χ0v) is 17.9. The molecule has 2 aliphatic heterocycles. The Balaban J connectivity index is 1.41. The van der Waals surface area contributed by atoms with Crippen molar-refractivity contribution < 1.29 is 17.6 Å². The number of sulfonamides is 1. The zero-order valence-electron chi connectivity index (χ0n) is 17.1. The number of carbonyl (C=O) groups is 1. The fourth-order valence-corrected chi connectivity index (χ4v) is 5.78. The number of hydrogen-bond donors (Lipinski definition) is 1. The fourth-order valence-electron chi connectivity index (χ4n) is 4.27. The summed E-state index contributed by atoms with van der Waals surface area (Å²) in [4.78, 5) is 15.3. The molecule has 2 fully saturated rings. The highest BCUT2D eigenvalue weighted by Crippen LogP contribution is 2.25. The van der Waals surface area contributed by atoms with E-state index in [1.165, 1.54) is 22.9 Å². The number of carbonyl (C=O) groups excluding carboxylic acids is 1. The highest BCUT2D eigenvalue weighted by molar-refractivity contribution is 7.89. The van der Waals surface area contributed by atoms with Crippen molar-refractivity contribution >= 4 is 15.9 Å². The molecule has 1 aromatic heterocycles. The molecular formula is C22H29N3O4S. The minimum atomic E-state index is -3.47. The molecule has 2 aliphatic rings. The van der Waals surface area contributed by atoms with Crippen LogP contribution in [0.15, 0.2) is 52.0 Å². The first-order valence-corrected chi connectivity index (χ1v) is 12.2. The van der Waals surface area contributed by atoms with Crippen LogP contribution in [0.1, 0.15) is 54.3 Å². The number of likely N-dealkylation sites (tertiary alicyclic amines) is 1. The molecule has 0 saturated carbocycles. The normalized spacial score (nSPS) is 19.6. The molecule has 8 heteroatoms. The van der Waals surface area contributed by atoms with E-state index in [9.17, 15) is 13.2 Å². The predicted molar refractivity (Wildman–Crippen MR) is 114 cm³/mol. The minimum absolute atomic E-state index is 0.000863. The van der Waals surface area contributed by atoms with E-state index in [1.54, 1.807) is 18.4 Å². The van der Waals surface area contributed by atoms with Gasteiger partial charge >= 0.3 is 0 Å². The van der Waals surface area contributed by atoms with Gasteiger partial charge in [0, 0.05) is 25.2 Å². The highest BCUT2D eigenvalue weighted by atomic mass is 32.2. The first kappa shape index (κ1) is 21.1. The third-order valence-electron chi connectivity index (χ3n) is 5.98. The second-order valence-corrected chi connectivity index (χ2v) is 9.91. The van der Waals surface area contributed by atoms with E-state index in [2.05, 4.69) is 10.2 Å². The molecule has 0 unspecified atom stereocenters. The smallest absolute Gasteiger partial charge is 0.251 e. The summed E-state index contributed by atoms with van der Waals surface area (Å²) in [6.45, 7) is 3.55. The summed E-state index contributed by atoms with van der Waals surface area (Å²) < 4.78 is 32.4. The van der Waals surface area contributed by atoms with Crippen molar-refractivity contribution in [1.29, 1.82) is 0 Å². The zero-order chi connectivity index (χ0) is 21.0. The number of hydrogen-bond acceptors (Lipinski definition) is 5. The predicted octanol–water partition coefficient (Wildman–Crippen LogP) is 3.02. The summed E-state index contributed by atoms with van der Waals surface area (Å²) in [7, 11) is -3.47. The van der Waals surface area contributed by atoms with Crippen LogP contribution >= 0.6 is 0 Å². The monoisotopic (exact) mass is 431 g/mol. The molecule has 2 aromatic rings. The molecule has 30 heavy (non-hydrogen) atoms. The van der Waals surface area contributed by atoms with Crippen LogP contribution in [0.4, 0.5) is 0 Å². The van der Waals surface area contributed by atoms with Crippen molar-refractivity contribution in [1.82, 2.24) is 14.5 Å². The van der Waals surface area contributed by atoms with Crippen LogP contribution in [-0.2, 0) is 10.0 Å². The number of nitrogens with zero attached hydrogens (tertiary/aromatic N) is 2. The maximum atomic E-state index is 12.7. The largest absolute Gasteiger partial charge is 0.468 e. The summed E-state index contributed by atoms with van der Waals surface area (Å²) in [5.41, 5.74) is 0.451. The highest BCUT2D eigenvalue weighted by Gasteiger charge is 2.28. The number of nitrogens with one attached hydrogen (secondary N) is 1. The molecule has 2 saturated heterocycles. The molecule has 0 spiro atoms. The van der Waals surface area contributed by atoms with E-state index in [4.69, 9.17) is 4.42 Å². The van der Waals surface area contributed by atoms with Crippen LogP contribution in [-0.4, -0.2) is 56.3 Å². The van der Waals surface area contributed by atoms with E-state index in [-0.39, 0.29) is 16.8 Å². The Morgan fingerprint density at radius 1 is 0.967 bits per heavy atom. The van der Waals surface area contributed by atoms with E-state index in [0.29, 0.717) is 25.2 Å². The molecule has 1 N–H and O–H groups in total. The third kappa shape index (κ3) is 4.61. The van der Waals surface area contributed by atoms with Crippen molar-refractivity contribution in [3.05, 3.63) is 54.0 Å². The maximum absolute atomic E-state index is 12.7. The molecule has 0 bridgehead atoms. The Labute approximate surface area is 178 Å². The van der Waals surface area contributed by atoms with Crippen LogP contribution in [0.25, 0.3) is 0 Å². The van der Waals surface area contributed by atoms with Gasteiger partial charge in [0.15, 0.2) is 0 Å². The molecule has 1 aromatic carbocycles. The van der Waals surface area contributed by atoms with E-state index < -0.39 is 10.0 Å². The van der Waals surface area contributed by atoms with Gasteiger partial charge in [-0.2, -0.15) is 4.31 Å². The van der Waals surface area contributed by atoms with Crippen LogP contribution < -0.4 is 5.32 Å². The van der Waals surface area contributed by atoms with Gasteiger partial charge in [0.25, 0.3) is 5.91 Å². The number of amides is 1. The Bertz CT molecular complexity index is 929. The lowest BCUT2D eigenvalue weighted by molar-refractivity contribution is 0.0914. The number of rotatable bonds is 7. The first-order valence-electron chi connectivity index (χ1n) is 10.7. The number of piperidine rings is 1. The molecule has 7 nitrogen and oxygen atoms in total. The molecule has 0 aliphatic carbocycles. The van der Waals surface area contributed by atoms with Gasteiger partial charge in [-0.1, -0.05) is 6.42 Å². The van der Waals surface area contributed by atoms with Crippen LogP contribution in [0.3, 0.4) is 0 Å². The standard InChI is InChI=1S/C22H29N3O4S/c26-22(18-8-10-19(11-9-18)30(27,28)25-14-4-5-15-25)23-17-20(21-7-6-16-29-21)24-12-2-1-3-13-24/h6-11,16,20H,1-5,12-15,17H2,(H,23,26)/t20-/m1/s1. The molecule has 162 valence electrons. The van der Waals surface area contributed by atoms with Crippen molar-refractivity contribution in [2.45, 2.75) is 43.0 Å². The molecule has 0 radical (unpaired) electrons. The van der Waals surface area contributed by atoms with Crippen LogP contribution in [0.5, 0.6) is 0 Å². The maximum Gasteiger partial charge on any atom is 0.251 e. The summed E-state index contributed by atoms with van der Waals surface area (Å²) in [5.74, 6) is 0.637. The summed E-state index contributed by atoms with van der Waals surface area (Å²) in [6.07, 6.45) is 6.99. The lowest BCUT2D eigenvalue weighted by atomic mass is 10.1. The van der Waals surface area contributed by atoms with E-state index >= 15 is 0 Å².